The van der Waals surface area contributed by atoms with Crippen LogP contribution in [0.3, 0.4) is 0 Å². The number of nitrogens with zero attached hydrogens (tertiary/aromatic N) is 5. The molecule has 1 unspecified atom stereocenters. The number of aromatic nitrogens is 5. The van der Waals surface area contributed by atoms with Crippen molar-refractivity contribution in [3.63, 3.8) is 0 Å². The van der Waals surface area contributed by atoms with Crippen molar-refractivity contribution in [2.75, 3.05) is 13.1 Å². The normalized spacial score (nSPS) is 20.3. The van der Waals surface area contributed by atoms with E-state index in [1.54, 1.807) is 17.1 Å². The molecule has 0 aromatic carbocycles. The average Bonchev–Trinajstić information content (AvgIpc) is 3.24. The third-order valence-electron chi connectivity index (χ3n) is 6.89. The fraction of sp³-hybridized carbons (Fsp3) is 0.435. The van der Waals surface area contributed by atoms with Crippen LogP contribution in [0, 0.1) is 13.8 Å². The number of nitrogens with one attached hydrogen (secondary N) is 1. The van der Waals surface area contributed by atoms with Crippen molar-refractivity contribution in [1.82, 2.24) is 29.6 Å². The van der Waals surface area contributed by atoms with Crippen LogP contribution < -0.4 is 5.56 Å². The molecule has 31 heavy (non-hydrogen) atoms. The zero-order valence-electron chi connectivity index (χ0n) is 18.1. The second-order valence-corrected chi connectivity index (χ2v) is 8.78. The van der Waals surface area contributed by atoms with E-state index in [2.05, 4.69) is 15.1 Å². The smallest absolute Gasteiger partial charge is 0.272 e. The first-order valence-electron chi connectivity index (χ1n) is 10.7. The Balaban J connectivity index is 1.53. The zero-order chi connectivity index (χ0) is 21.8. The number of rotatable bonds is 2. The lowest BCUT2D eigenvalue weighted by Gasteiger charge is -2.40. The molecule has 1 amide bonds. The summed E-state index contributed by atoms with van der Waals surface area (Å²) in [4.78, 5) is 40.2. The topological polar surface area (TPSA) is 96.8 Å². The largest absolute Gasteiger partial charge is 0.336 e. The third-order valence-corrected chi connectivity index (χ3v) is 6.89. The highest BCUT2D eigenvalue weighted by molar-refractivity contribution is 5.94. The Hall–Kier alpha value is -3.29. The van der Waals surface area contributed by atoms with Gasteiger partial charge in [0.15, 0.2) is 0 Å². The molecule has 1 saturated heterocycles. The molecule has 1 spiro atoms. The number of carbonyl (C=O) groups is 1. The van der Waals surface area contributed by atoms with Crippen LogP contribution in [0.2, 0.25) is 0 Å². The summed E-state index contributed by atoms with van der Waals surface area (Å²) in [6.07, 6.45) is 6.74. The van der Waals surface area contributed by atoms with E-state index in [1.165, 1.54) is 0 Å². The van der Waals surface area contributed by atoms with Crippen molar-refractivity contribution in [3.8, 4) is 11.4 Å². The molecule has 3 aromatic heterocycles. The monoisotopic (exact) mass is 418 g/mol. The van der Waals surface area contributed by atoms with Gasteiger partial charge in [0, 0.05) is 54.6 Å². The second-order valence-electron chi connectivity index (χ2n) is 8.78. The Bertz CT molecular complexity index is 1230. The molecule has 1 atom stereocenters. The molecule has 3 aromatic rings. The summed E-state index contributed by atoms with van der Waals surface area (Å²) in [5.41, 5.74) is 4.47. The summed E-state index contributed by atoms with van der Waals surface area (Å²) in [6, 6.07) is 3.72. The van der Waals surface area contributed by atoms with Crippen LogP contribution in [0.4, 0.5) is 0 Å². The highest BCUT2D eigenvalue weighted by Crippen LogP contribution is 2.43. The van der Waals surface area contributed by atoms with Crippen LogP contribution in [-0.4, -0.2) is 48.6 Å². The Morgan fingerprint density at radius 3 is 2.81 bits per heavy atom. The lowest BCUT2D eigenvalue weighted by molar-refractivity contribution is 0.0621. The molecule has 0 bridgehead atoms. The second kappa shape index (κ2) is 7.14. The quantitative estimate of drug-likeness (QED) is 0.689. The van der Waals surface area contributed by atoms with E-state index in [4.69, 9.17) is 4.98 Å². The van der Waals surface area contributed by atoms with E-state index in [1.807, 2.05) is 37.9 Å². The maximum Gasteiger partial charge on any atom is 0.272 e. The molecule has 5 rings (SSSR count). The Labute approximate surface area is 180 Å². The molecule has 160 valence electrons. The van der Waals surface area contributed by atoms with Gasteiger partial charge in [-0.3, -0.25) is 19.3 Å². The Morgan fingerprint density at radius 2 is 2.10 bits per heavy atom. The minimum Gasteiger partial charge on any atom is -0.336 e. The minimum absolute atomic E-state index is 0.00504. The summed E-state index contributed by atoms with van der Waals surface area (Å²) < 4.78 is 1.68. The first-order valence-corrected chi connectivity index (χ1v) is 10.7. The molecule has 1 aliphatic heterocycles. The number of carbonyl (C=O) groups excluding carboxylic acids is 1. The van der Waals surface area contributed by atoms with Crippen LogP contribution in [0.25, 0.3) is 11.4 Å². The summed E-state index contributed by atoms with van der Waals surface area (Å²) >= 11 is 0. The lowest BCUT2D eigenvalue weighted by Crippen LogP contribution is -2.48. The van der Waals surface area contributed by atoms with Crippen LogP contribution in [0.5, 0.6) is 0 Å². The SMILES string of the molecule is Cc1nn(C)c(C(=O)N2CCCC3(CCc4c3nc(-c3cccnc3)[nH]c4=O)C2)c1C. The van der Waals surface area contributed by atoms with Gasteiger partial charge >= 0.3 is 0 Å². The first-order chi connectivity index (χ1) is 14.9. The predicted octanol–water partition coefficient (Wildman–Crippen LogP) is 2.30. The van der Waals surface area contributed by atoms with E-state index in [0.717, 1.165) is 47.3 Å². The standard InChI is InChI=1S/C23H26N6O2/c1-14-15(2)27-28(3)18(14)22(31)29-11-5-8-23(13-29)9-7-17-19(23)25-20(26-21(17)30)16-6-4-10-24-12-16/h4,6,10,12H,5,7-9,11,13H2,1-3H3,(H,25,26,30). The number of fused-ring (bicyclic) bond motifs is 2. The van der Waals surface area contributed by atoms with Crippen LogP contribution >= 0.6 is 0 Å². The molecule has 1 aliphatic carbocycles. The lowest BCUT2D eigenvalue weighted by atomic mass is 9.77. The van der Waals surface area contributed by atoms with E-state index in [9.17, 15) is 9.59 Å². The fourth-order valence-electron chi connectivity index (χ4n) is 5.21. The van der Waals surface area contributed by atoms with Gasteiger partial charge in [-0.05, 0) is 51.7 Å². The van der Waals surface area contributed by atoms with E-state index >= 15 is 0 Å². The summed E-state index contributed by atoms with van der Waals surface area (Å²) in [5, 5.41) is 4.41. The number of pyridine rings is 1. The Morgan fingerprint density at radius 1 is 1.26 bits per heavy atom. The first kappa shape index (κ1) is 19.7. The van der Waals surface area contributed by atoms with Gasteiger partial charge in [-0.15, -0.1) is 0 Å². The van der Waals surface area contributed by atoms with Gasteiger partial charge in [0.25, 0.3) is 11.5 Å². The Kier molecular flexibility index (Phi) is 4.53. The van der Waals surface area contributed by atoms with Gasteiger partial charge in [0.05, 0.1) is 11.4 Å². The highest BCUT2D eigenvalue weighted by Gasteiger charge is 2.46. The molecule has 0 radical (unpaired) electrons. The molecule has 1 N–H and O–H groups in total. The number of aryl methyl sites for hydroxylation is 2. The highest BCUT2D eigenvalue weighted by atomic mass is 16.2. The fourth-order valence-corrected chi connectivity index (χ4v) is 5.21. The number of amides is 1. The number of piperidine rings is 1. The molecule has 1 fully saturated rings. The zero-order valence-corrected chi connectivity index (χ0v) is 18.1. The predicted molar refractivity (Wildman–Crippen MR) is 116 cm³/mol. The van der Waals surface area contributed by atoms with Gasteiger partial charge in [-0.2, -0.15) is 5.10 Å². The number of aromatic amines is 1. The van der Waals surface area contributed by atoms with Gasteiger partial charge in [-0.1, -0.05) is 0 Å². The number of hydrogen-bond acceptors (Lipinski definition) is 5. The summed E-state index contributed by atoms with van der Waals surface area (Å²) in [5.74, 6) is 0.546. The van der Waals surface area contributed by atoms with Crippen molar-refractivity contribution in [3.05, 3.63) is 63.1 Å². The maximum atomic E-state index is 13.4. The van der Waals surface area contributed by atoms with Crippen molar-refractivity contribution in [2.45, 2.75) is 44.9 Å². The van der Waals surface area contributed by atoms with Crippen LogP contribution in [-0.2, 0) is 18.9 Å². The van der Waals surface area contributed by atoms with Gasteiger partial charge in [-0.25, -0.2) is 4.98 Å². The third kappa shape index (κ3) is 3.08. The molecule has 8 heteroatoms. The number of H-pyrrole nitrogens is 1. The van der Waals surface area contributed by atoms with E-state index in [-0.39, 0.29) is 16.9 Å². The van der Waals surface area contributed by atoms with Crippen molar-refractivity contribution < 1.29 is 4.79 Å². The van der Waals surface area contributed by atoms with E-state index in [0.29, 0.717) is 31.0 Å². The minimum atomic E-state index is -0.282. The summed E-state index contributed by atoms with van der Waals surface area (Å²) in [6.45, 7) is 5.15. The molecular weight excluding hydrogens is 392 g/mol. The van der Waals surface area contributed by atoms with E-state index < -0.39 is 0 Å². The summed E-state index contributed by atoms with van der Waals surface area (Å²) in [7, 11) is 1.82. The molecule has 8 nitrogen and oxygen atoms in total. The average molecular weight is 419 g/mol. The van der Waals surface area contributed by atoms with Crippen molar-refractivity contribution >= 4 is 5.91 Å². The molecule has 2 aliphatic rings. The number of hydrogen-bond donors (Lipinski definition) is 1. The van der Waals surface area contributed by atoms with Gasteiger partial charge < -0.3 is 9.88 Å². The van der Waals surface area contributed by atoms with Gasteiger partial charge in [0.2, 0.25) is 0 Å². The number of likely N-dealkylation sites (tertiary alicyclic amines) is 1. The van der Waals surface area contributed by atoms with Gasteiger partial charge in [0.1, 0.15) is 11.5 Å². The maximum absolute atomic E-state index is 13.4. The molecule has 4 heterocycles. The molecular formula is C23H26N6O2. The van der Waals surface area contributed by atoms with Crippen molar-refractivity contribution in [2.24, 2.45) is 7.05 Å². The van der Waals surface area contributed by atoms with Crippen molar-refractivity contribution in [1.29, 1.82) is 0 Å². The van der Waals surface area contributed by atoms with Crippen LogP contribution in [0.15, 0.2) is 29.3 Å². The van der Waals surface area contributed by atoms with Crippen LogP contribution in [0.1, 0.15) is 52.3 Å². The molecule has 0 saturated carbocycles.